The Kier molecular flexibility index (Phi) is 6.18. The van der Waals surface area contributed by atoms with E-state index in [0.29, 0.717) is 22.5 Å². The van der Waals surface area contributed by atoms with Crippen molar-refractivity contribution >= 4 is 34.1 Å². The van der Waals surface area contributed by atoms with Gasteiger partial charge in [0.25, 0.3) is 11.5 Å². The van der Waals surface area contributed by atoms with Crippen LogP contribution in [0.2, 0.25) is 0 Å². The number of amides is 1. The molecule has 0 fully saturated rings. The lowest BCUT2D eigenvalue weighted by Crippen LogP contribution is -2.38. The molecule has 0 aliphatic rings. The molecule has 4 rings (SSSR count). The topological polar surface area (TPSA) is 124 Å². The fourth-order valence-corrected chi connectivity index (χ4v) is 3.29. The molecule has 2 heterocycles. The van der Waals surface area contributed by atoms with Gasteiger partial charge in [0.1, 0.15) is 5.69 Å². The van der Waals surface area contributed by atoms with Crippen LogP contribution in [0.3, 0.4) is 0 Å². The van der Waals surface area contributed by atoms with Gasteiger partial charge in [0.05, 0.1) is 5.39 Å². The predicted octanol–water partition coefficient (Wildman–Crippen LogP) is 3.17. The van der Waals surface area contributed by atoms with E-state index in [2.05, 4.69) is 15.8 Å². The van der Waals surface area contributed by atoms with Crippen LogP contribution in [0.4, 0.5) is 17.2 Å². The Bertz CT molecular complexity index is 1280. The van der Waals surface area contributed by atoms with Gasteiger partial charge >= 0.3 is 0 Å². The standard InChI is InChI=1S/C23H23N5O4/c1-2-31-23(21(29)25-14-15-10-11-17-19(13-15)32-27-20(17)24)28-12-6-9-18(22(28)30)26-16-7-4-3-5-8-16/h3-13,23,26H,2,14H2,1H3,(H2,24,27)(H,25,29). The highest BCUT2D eigenvalue weighted by Crippen LogP contribution is 2.21. The normalized spacial score (nSPS) is 11.9. The van der Waals surface area contributed by atoms with E-state index in [0.717, 1.165) is 11.3 Å². The number of carbonyl (C=O) groups excluding carboxylic acids is 1. The molecule has 164 valence electrons. The lowest BCUT2D eigenvalue weighted by atomic mass is 10.1. The van der Waals surface area contributed by atoms with Crippen molar-refractivity contribution in [1.29, 1.82) is 0 Å². The van der Waals surface area contributed by atoms with Crippen molar-refractivity contribution in [2.75, 3.05) is 17.7 Å². The summed E-state index contributed by atoms with van der Waals surface area (Å²) in [5, 5.41) is 10.3. The number of ether oxygens (including phenoxy) is 1. The van der Waals surface area contributed by atoms with Crippen molar-refractivity contribution in [2.45, 2.75) is 19.7 Å². The van der Waals surface area contributed by atoms with Crippen molar-refractivity contribution in [3.05, 3.63) is 82.8 Å². The van der Waals surface area contributed by atoms with Crippen LogP contribution in [0.1, 0.15) is 18.7 Å². The number of anilines is 3. The summed E-state index contributed by atoms with van der Waals surface area (Å²) in [6, 6.07) is 18.0. The minimum atomic E-state index is -1.12. The van der Waals surface area contributed by atoms with Gasteiger partial charge in [-0.1, -0.05) is 29.4 Å². The third-order valence-electron chi connectivity index (χ3n) is 4.86. The van der Waals surface area contributed by atoms with Crippen LogP contribution >= 0.6 is 0 Å². The zero-order chi connectivity index (χ0) is 22.5. The second kappa shape index (κ2) is 9.36. The minimum Gasteiger partial charge on any atom is -0.380 e. The van der Waals surface area contributed by atoms with Gasteiger partial charge in [-0.15, -0.1) is 0 Å². The highest BCUT2D eigenvalue weighted by molar-refractivity contribution is 5.87. The fourth-order valence-electron chi connectivity index (χ4n) is 3.29. The Morgan fingerprint density at radius 2 is 2.00 bits per heavy atom. The molecule has 0 aliphatic carbocycles. The van der Waals surface area contributed by atoms with Gasteiger partial charge in [-0.3, -0.25) is 14.2 Å². The summed E-state index contributed by atoms with van der Waals surface area (Å²) in [5.41, 5.74) is 7.79. The number of nitrogens with two attached hydrogens (primary N) is 1. The number of pyridine rings is 1. The molecule has 0 saturated heterocycles. The van der Waals surface area contributed by atoms with Gasteiger partial charge in [-0.05, 0) is 48.9 Å². The second-order valence-electron chi connectivity index (χ2n) is 7.05. The van der Waals surface area contributed by atoms with Crippen LogP contribution in [0, 0.1) is 0 Å². The highest BCUT2D eigenvalue weighted by Gasteiger charge is 2.22. The van der Waals surface area contributed by atoms with E-state index in [4.69, 9.17) is 15.0 Å². The number of nitrogen functional groups attached to an aromatic ring is 1. The van der Waals surface area contributed by atoms with Crippen LogP contribution in [0.25, 0.3) is 11.0 Å². The number of hydrogen-bond donors (Lipinski definition) is 3. The molecule has 4 aromatic rings. The molecule has 0 bridgehead atoms. The largest absolute Gasteiger partial charge is 0.380 e. The number of para-hydroxylation sites is 1. The second-order valence-corrected chi connectivity index (χ2v) is 7.05. The third-order valence-corrected chi connectivity index (χ3v) is 4.86. The summed E-state index contributed by atoms with van der Waals surface area (Å²) >= 11 is 0. The Labute approximate surface area is 183 Å². The first-order valence-electron chi connectivity index (χ1n) is 10.1. The summed E-state index contributed by atoms with van der Waals surface area (Å²) in [6.07, 6.45) is 0.413. The zero-order valence-electron chi connectivity index (χ0n) is 17.4. The van der Waals surface area contributed by atoms with Crippen LogP contribution in [0.15, 0.2) is 76.2 Å². The zero-order valence-corrected chi connectivity index (χ0v) is 17.4. The van der Waals surface area contributed by atoms with Crippen LogP contribution in [-0.2, 0) is 16.1 Å². The number of benzene rings is 2. The SMILES string of the molecule is CCOC(C(=O)NCc1ccc2c(N)noc2c1)n1cccc(Nc2ccccc2)c1=O. The third kappa shape index (κ3) is 4.47. The molecular weight excluding hydrogens is 410 g/mol. The quantitative estimate of drug-likeness (QED) is 0.390. The molecule has 0 aliphatic heterocycles. The maximum atomic E-state index is 13.0. The van der Waals surface area contributed by atoms with Crippen molar-refractivity contribution < 1.29 is 14.1 Å². The Morgan fingerprint density at radius 3 is 2.78 bits per heavy atom. The molecule has 1 atom stereocenters. The molecule has 4 N–H and O–H groups in total. The van der Waals surface area contributed by atoms with Gasteiger partial charge in [0.15, 0.2) is 11.4 Å². The first kappa shape index (κ1) is 21.1. The van der Waals surface area contributed by atoms with Gasteiger partial charge in [-0.2, -0.15) is 0 Å². The lowest BCUT2D eigenvalue weighted by molar-refractivity contribution is -0.139. The molecule has 9 nitrogen and oxygen atoms in total. The molecule has 32 heavy (non-hydrogen) atoms. The van der Waals surface area contributed by atoms with Gasteiger partial charge in [-0.25, -0.2) is 0 Å². The number of aromatic nitrogens is 2. The van der Waals surface area contributed by atoms with Gasteiger partial charge in [0.2, 0.25) is 6.23 Å². The maximum absolute atomic E-state index is 13.0. The predicted molar refractivity (Wildman–Crippen MR) is 121 cm³/mol. The molecular formula is C23H23N5O4. The van der Waals surface area contributed by atoms with Crippen molar-refractivity contribution in [3.63, 3.8) is 0 Å². The smallest absolute Gasteiger partial charge is 0.276 e. The van der Waals surface area contributed by atoms with E-state index in [9.17, 15) is 9.59 Å². The number of carbonyl (C=O) groups is 1. The molecule has 0 saturated carbocycles. The number of nitrogens with one attached hydrogen (secondary N) is 2. The maximum Gasteiger partial charge on any atom is 0.276 e. The van der Waals surface area contributed by atoms with Crippen molar-refractivity contribution in [1.82, 2.24) is 15.0 Å². The monoisotopic (exact) mass is 433 g/mol. The molecule has 2 aromatic carbocycles. The molecule has 9 heteroatoms. The van der Waals surface area contributed by atoms with E-state index in [1.807, 2.05) is 36.4 Å². The van der Waals surface area contributed by atoms with Crippen LogP contribution in [0.5, 0.6) is 0 Å². The first-order valence-corrected chi connectivity index (χ1v) is 10.1. The summed E-state index contributed by atoms with van der Waals surface area (Å²) in [7, 11) is 0. The van der Waals surface area contributed by atoms with Gasteiger partial charge < -0.3 is 25.6 Å². The highest BCUT2D eigenvalue weighted by atomic mass is 16.5. The van der Waals surface area contributed by atoms with Crippen LogP contribution < -0.4 is 21.9 Å². The van der Waals surface area contributed by atoms with E-state index >= 15 is 0 Å². The van der Waals surface area contributed by atoms with E-state index < -0.39 is 12.1 Å². The van der Waals surface area contributed by atoms with E-state index in [-0.39, 0.29) is 18.7 Å². The summed E-state index contributed by atoms with van der Waals surface area (Å²) < 4.78 is 12.0. The average molecular weight is 433 g/mol. The Balaban J connectivity index is 1.52. The summed E-state index contributed by atoms with van der Waals surface area (Å²) in [6.45, 7) is 2.24. The average Bonchev–Trinajstić information content (AvgIpc) is 3.18. The molecule has 1 amide bonds. The molecule has 1 unspecified atom stereocenters. The van der Waals surface area contributed by atoms with E-state index in [1.165, 1.54) is 10.8 Å². The summed E-state index contributed by atoms with van der Waals surface area (Å²) in [4.78, 5) is 26.0. The van der Waals surface area contributed by atoms with E-state index in [1.54, 1.807) is 31.2 Å². The number of fused-ring (bicyclic) bond motifs is 1. The summed E-state index contributed by atoms with van der Waals surface area (Å²) in [5.74, 6) is -0.127. The number of hydrogen-bond acceptors (Lipinski definition) is 7. The minimum absolute atomic E-state index is 0.218. The molecule has 0 radical (unpaired) electrons. The van der Waals surface area contributed by atoms with Crippen LogP contribution in [-0.4, -0.2) is 22.2 Å². The first-order chi connectivity index (χ1) is 15.6. The van der Waals surface area contributed by atoms with Crippen molar-refractivity contribution in [2.24, 2.45) is 0 Å². The van der Waals surface area contributed by atoms with Gasteiger partial charge in [0, 0.05) is 25.0 Å². The molecule has 0 spiro atoms. The lowest BCUT2D eigenvalue weighted by Gasteiger charge is -2.20. The molecule has 2 aromatic heterocycles. The Hall–Kier alpha value is -4.11. The Morgan fingerprint density at radius 1 is 1.19 bits per heavy atom. The number of nitrogens with zero attached hydrogens (tertiary/aromatic N) is 2. The number of rotatable bonds is 8. The van der Waals surface area contributed by atoms with Crippen molar-refractivity contribution in [3.8, 4) is 0 Å². The fraction of sp³-hybridized carbons (Fsp3) is 0.174.